The Morgan fingerprint density at radius 3 is 2.80 bits per heavy atom. The van der Waals surface area contributed by atoms with Crippen LogP contribution in [0.5, 0.6) is 0 Å². The SMILES string of the molecule is CCNCCN1CC(O)CC1CN(C)C. The summed E-state index contributed by atoms with van der Waals surface area (Å²) in [5, 5.41) is 13.0. The number of likely N-dealkylation sites (N-methyl/N-ethyl adjacent to an activating group) is 2. The topological polar surface area (TPSA) is 38.7 Å². The molecule has 4 heteroatoms. The largest absolute Gasteiger partial charge is 0.392 e. The minimum atomic E-state index is -0.128. The highest BCUT2D eigenvalue weighted by atomic mass is 16.3. The number of aliphatic hydroxyl groups is 1. The number of nitrogens with one attached hydrogen (secondary N) is 1. The fourth-order valence-electron chi connectivity index (χ4n) is 2.24. The van der Waals surface area contributed by atoms with E-state index in [0.717, 1.165) is 39.1 Å². The highest BCUT2D eigenvalue weighted by Crippen LogP contribution is 2.17. The Labute approximate surface area is 93.2 Å². The van der Waals surface area contributed by atoms with Crippen molar-refractivity contribution in [2.45, 2.75) is 25.5 Å². The van der Waals surface area contributed by atoms with Crippen LogP contribution in [0.3, 0.4) is 0 Å². The molecule has 1 fully saturated rings. The fourth-order valence-corrected chi connectivity index (χ4v) is 2.24. The number of nitrogens with zero attached hydrogens (tertiary/aromatic N) is 2. The summed E-state index contributed by atoms with van der Waals surface area (Å²) in [7, 11) is 4.18. The smallest absolute Gasteiger partial charge is 0.0682 e. The third-order valence-corrected chi connectivity index (χ3v) is 2.91. The molecule has 0 saturated carbocycles. The predicted octanol–water partition coefficient (Wildman–Crippen LogP) is -0.407. The van der Waals surface area contributed by atoms with Crippen molar-refractivity contribution < 1.29 is 5.11 Å². The average molecular weight is 215 g/mol. The predicted molar refractivity (Wildman–Crippen MR) is 63.1 cm³/mol. The van der Waals surface area contributed by atoms with E-state index in [1.807, 2.05) is 0 Å². The van der Waals surface area contributed by atoms with Gasteiger partial charge in [0.1, 0.15) is 0 Å². The van der Waals surface area contributed by atoms with Gasteiger partial charge in [-0.2, -0.15) is 0 Å². The van der Waals surface area contributed by atoms with Crippen molar-refractivity contribution in [3.05, 3.63) is 0 Å². The van der Waals surface area contributed by atoms with Crippen LogP contribution in [0.1, 0.15) is 13.3 Å². The lowest BCUT2D eigenvalue weighted by Crippen LogP contribution is -2.41. The standard InChI is InChI=1S/C11H25N3O/c1-4-12-5-6-14-9-11(15)7-10(14)8-13(2)3/h10-12,15H,4-9H2,1-3H3. The first kappa shape index (κ1) is 12.9. The van der Waals surface area contributed by atoms with E-state index in [9.17, 15) is 5.11 Å². The van der Waals surface area contributed by atoms with Crippen LogP contribution in [-0.4, -0.2) is 73.9 Å². The fraction of sp³-hybridized carbons (Fsp3) is 1.00. The van der Waals surface area contributed by atoms with Gasteiger partial charge in [-0.3, -0.25) is 4.90 Å². The third kappa shape index (κ3) is 4.47. The normalized spacial score (nSPS) is 27.8. The Bertz CT molecular complexity index is 175. The van der Waals surface area contributed by atoms with Gasteiger partial charge in [-0.1, -0.05) is 6.92 Å². The van der Waals surface area contributed by atoms with Gasteiger partial charge >= 0.3 is 0 Å². The van der Waals surface area contributed by atoms with Crippen LogP contribution in [0.4, 0.5) is 0 Å². The van der Waals surface area contributed by atoms with E-state index in [4.69, 9.17) is 0 Å². The number of rotatable bonds is 6. The summed E-state index contributed by atoms with van der Waals surface area (Å²) in [5.74, 6) is 0. The summed E-state index contributed by atoms with van der Waals surface area (Å²) in [4.78, 5) is 4.59. The number of likely N-dealkylation sites (tertiary alicyclic amines) is 1. The van der Waals surface area contributed by atoms with Crippen LogP contribution < -0.4 is 5.32 Å². The summed E-state index contributed by atoms with van der Waals surface area (Å²) < 4.78 is 0. The lowest BCUT2D eigenvalue weighted by atomic mass is 10.2. The highest BCUT2D eigenvalue weighted by molar-refractivity contribution is 4.86. The van der Waals surface area contributed by atoms with E-state index >= 15 is 0 Å². The lowest BCUT2D eigenvalue weighted by molar-refractivity contribution is 0.173. The molecule has 0 bridgehead atoms. The molecular weight excluding hydrogens is 190 g/mol. The van der Waals surface area contributed by atoms with Crippen molar-refractivity contribution >= 4 is 0 Å². The van der Waals surface area contributed by atoms with E-state index in [2.05, 4.69) is 36.1 Å². The van der Waals surface area contributed by atoms with Gasteiger partial charge in [0.15, 0.2) is 0 Å². The molecule has 2 N–H and O–H groups in total. The van der Waals surface area contributed by atoms with Gasteiger partial charge in [0.25, 0.3) is 0 Å². The van der Waals surface area contributed by atoms with Gasteiger partial charge in [0.2, 0.25) is 0 Å². The van der Waals surface area contributed by atoms with Crippen molar-refractivity contribution in [1.82, 2.24) is 15.1 Å². The van der Waals surface area contributed by atoms with Crippen LogP contribution in [0.2, 0.25) is 0 Å². The van der Waals surface area contributed by atoms with Gasteiger partial charge in [-0.05, 0) is 27.1 Å². The maximum absolute atomic E-state index is 9.66. The monoisotopic (exact) mass is 215 g/mol. The molecular formula is C11H25N3O. The molecule has 1 aliphatic rings. The molecule has 90 valence electrons. The molecule has 0 aromatic heterocycles. The van der Waals surface area contributed by atoms with Gasteiger partial charge in [0.05, 0.1) is 6.10 Å². The molecule has 1 rings (SSSR count). The van der Waals surface area contributed by atoms with Gasteiger partial charge < -0.3 is 15.3 Å². The first-order chi connectivity index (χ1) is 7.13. The van der Waals surface area contributed by atoms with Gasteiger partial charge in [-0.25, -0.2) is 0 Å². The summed E-state index contributed by atoms with van der Waals surface area (Å²) in [6.45, 7) is 7.09. The zero-order valence-corrected chi connectivity index (χ0v) is 10.2. The molecule has 15 heavy (non-hydrogen) atoms. The maximum Gasteiger partial charge on any atom is 0.0682 e. The first-order valence-electron chi connectivity index (χ1n) is 5.91. The van der Waals surface area contributed by atoms with Crippen molar-refractivity contribution in [3.8, 4) is 0 Å². The summed E-state index contributed by atoms with van der Waals surface area (Å²) >= 11 is 0. The van der Waals surface area contributed by atoms with Gasteiger partial charge in [-0.15, -0.1) is 0 Å². The number of hydrogen-bond acceptors (Lipinski definition) is 4. The zero-order chi connectivity index (χ0) is 11.3. The van der Waals surface area contributed by atoms with Crippen LogP contribution in [-0.2, 0) is 0 Å². The molecule has 0 spiro atoms. The molecule has 4 nitrogen and oxygen atoms in total. The molecule has 1 heterocycles. The molecule has 0 aliphatic carbocycles. The third-order valence-electron chi connectivity index (χ3n) is 2.91. The van der Waals surface area contributed by atoms with Crippen LogP contribution in [0, 0.1) is 0 Å². The van der Waals surface area contributed by atoms with Crippen molar-refractivity contribution in [1.29, 1.82) is 0 Å². The van der Waals surface area contributed by atoms with Crippen molar-refractivity contribution in [2.24, 2.45) is 0 Å². The molecule has 1 saturated heterocycles. The van der Waals surface area contributed by atoms with Crippen LogP contribution in [0.25, 0.3) is 0 Å². The van der Waals surface area contributed by atoms with E-state index in [1.165, 1.54) is 0 Å². The zero-order valence-electron chi connectivity index (χ0n) is 10.2. The van der Waals surface area contributed by atoms with E-state index in [0.29, 0.717) is 6.04 Å². The summed E-state index contributed by atoms with van der Waals surface area (Å²) in [5.41, 5.74) is 0. The van der Waals surface area contributed by atoms with Crippen molar-refractivity contribution in [3.63, 3.8) is 0 Å². The molecule has 0 amide bonds. The van der Waals surface area contributed by atoms with E-state index in [1.54, 1.807) is 0 Å². The minimum Gasteiger partial charge on any atom is -0.392 e. The lowest BCUT2D eigenvalue weighted by Gasteiger charge is -2.26. The Balaban J connectivity index is 2.31. The van der Waals surface area contributed by atoms with Gasteiger partial charge in [0, 0.05) is 32.2 Å². The first-order valence-corrected chi connectivity index (χ1v) is 5.91. The Kier molecular flexibility index (Phi) is 5.53. The van der Waals surface area contributed by atoms with Crippen LogP contribution >= 0.6 is 0 Å². The highest BCUT2D eigenvalue weighted by Gasteiger charge is 2.30. The van der Waals surface area contributed by atoms with Crippen molar-refractivity contribution in [2.75, 3.05) is 46.8 Å². The second kappa shape index (κ2) is 6.43. The second-order valence-electron chi connectivity index (χ2n) is 4.65. The number of aliphatic hydroxyl groups excluding tert-OH is 1. The van der Waals surface area contributed by atoms with Crippen LogP contribution in [0.15, 0.2) is 0 Å². The minimum absolute atomic E-state index is 0.128. The second-order valence-corrected chi connectivity index (χ2v) is 4.65. The quantitative estimate of drug-likeness (QED) is 0.591. The molecule has 1 aliphatic heterocycles. The average Bonchev–Trinajstić information content (AvgIpc) is 2.46. The van der Waals surface area contributed by atoms with E-state index in [-0.39, 0.29) is 6.10 Å². The molecule has 0 radical (unpaired) electrons. The van der Waals surface area contributed by atoms with E-state index < -0.39 is 0 Å². The number of hydrogen-bond donors (Lipinski definition) is 2. The number of β-amino-alcohol motifs (C(OH)–C–C–N with tert-alkyl or cyclic N) is 1. The molecule has 0 aromatic carbocycles. The Morgan fingerprint density at radius 2 is 2.20 bits per heavy atom. The molecule has 2 unspecified atom stereocenters. The molecule has 2 atom stereocenters. The summed E-state index contributed by atoms with van der Waals surface area (Å²) in [6, 6.07) is 0.522. The Hall–Kier alpha value is -0.160. The Morgan fingerprint density at radius 1 is 1.47 bits per heavy atom. The maximum atomic E-state index is 9.66. The summed E-state index contributed by atoms with van der Waals surface area (Å²) in [6.07, 6.45) is 0.793. The molecule has 0 aromatic rings.